The first kappa shape index (κ1) is 13.1. The molecule has 100 valence electrons. The molecule has 0 spiro atoms. The van der Waals surface area contributed by atoms with Crippen LogP contribution in [0.2, 0.25) is 0 Å². The molecule has 0 radical (unpaired) electrons. The molecule has 1 aromatic heterocycles. The van der Waals surface area contributed by atoms with Crippen molar-refractivity contribution in [1.29, 1.82) is 0 Å². The molecule has 0 unspecified atom stereocenters. The first-order valence-corrected chi connectivity index (χ1v) is 6.78. The average molecular weight is 251 g/mol. The molecule has 1 heterocycles. The van der Waals surface area contributed by atoms with Gasteiger partial charge in [-0.1, -0.05) is 12.8 Å². The van der Waals surface area contributed by atoms with Crippen molar-refractivity contribution < 1.29 is 9.90 Å². The summed E-state index contributed by atoms with van der Waals surface area (Å²) in [6.07, 6.45) is 7.64. The standard InChI is InChI=1S/C13H21N3O2/c1-16-11(8-4-5-9-12(17)18)14-13(15-16)10-6-2-3-7-10/h10H,2-9H2,1H3,(H,17,18). The fourth-order valence-electron chi connectivity index (χ4n) is 2.57. The van der Waals surface area contributed by atoms with E-state index in [0.29, 0.717) is 12.3 Å². The number of aryl methyl sites for hydroxylation is 2. The van der Waals surface area contributed by atoms with Crippen LogP contribution in [-0.4, -0.2) is 25.8 Å². The maximum Gasteiger partial charge on any atom is 0.303 e. The maximum atomic E-state index is 10.4. The number of rotatable bonds is 6. The molecule has 1 aromatic rings. The molecule has 5 heteroatoms. The Hall–Kier alpha value is -1.39. The number of unbranched alkanes of at least 4 members (excludes halogenated alkanes) is 1. The lowest BCUT2D eigenvalue weighted by Crippen LogP contribution is -2.01. The van der Waals surface area contributed by atoms with Crippen LogP contribution in [-0.2, 0) is 18.3 Å². The smallest absolute Gasteiger partial charge is 0.303 e. The van der Waals surface area contributed by atoms with Crippen molar-refractivity contribution in [1.82, 2.24) is 14.8 Å². The van der Waals surface area contributed by atoms with Crippen LogP contribution < -0.4 is 0 Å². The van der Waals surface area contributed by atoms with E-state index in [1.54, 1.807) is 0 Å². The summed E-state index contributed by atoms with van der Waals surface area (Å²) < 4.78 is 1.86. The SMILES string of the molecule is Cn1nc(C2CCCC2)nc1CCCCC(=O)O. The van der Waals surface area contributed by atoms with Crippen LogP contribution in [0, 0.1) is 0 Å². The maximum absolute atomic E-state index is 10.4. The van der Waals surface area contributed by atoms with Gasteiger partial charge >= 0.3 is 5.97 Å². The highest BCUT2D eigenvalue weighted by Crippen LogP contribution is 2.32. The minimum atomic E-state index is -0.723. The Balaban J connectivity index is 1.86. The van der Waals surface area contributed by atoms with Gasteiger partial charge in [0.05, 0.1) is 0 Å². The molecular formula is C13H21N3O2. The van der Waals surface area contributed by atoms with E-state index >= 15 is 0 Å². The van der Waals surface area contributed by atoms with Crippen LogP contribution in [0.25, 0.3) is 0 Å². The fraction of sp³-hybridized carbons (Fsp3) is 0.769. The third-order valence-electron chi connectivity index (χ3n) is 3.63. The van der Waals surface area contributed by atoms with Gasteiger partial charge in [-0.15, -0.1) is 0 Å². The van der Waals surface area contributed by atoms with E-state index in [1.165, 1.54) is 25.7 Å². The van der Waals surface area contributed by atoms with E-state index in [2.05, 4.69) is 10.1 Å². The highest BCUT2D eigenvalue weighted by atomic mass is 16.4. The average Bonchev–Trinajstić information content (AvgIpc) is 2.93. The lowest BCUT2D eigenvalue weighted by molar-refractivity contribution is -0.137. The second-order valence-electron chi connectivity index (χ2n) is 5.09. The predicted octanol–water partition coefficient (Wildman–Crippen LogP) is 2.27. The zero-order chi connectivity index (χ0) is 13.0. The Morgan fingerprint density at radius 2 is 2.11 bits per heavy atom. The summed E-state index contributed by atoms with van der Waals surface area (Å²) in [5, 5.41) is 13.1. The molecule has 1 saturated carbocycles. The molecule has 1 fully saturated rings. The van der Waals surface area contributed by atoms with Gasteiger partial charge in [0, 0.05) is 25.8 Å². The Labute approximate surface area is 107 Å². The van der Waals surface area contributed by atoms with Gasteiger partial charge in [-0.3, -0.25) is 9.48 Å². The van der Waals surface area contributed by atoms with Gasteiger partial charge in [-0.2, -0.15) is 5.10 Å². The minimum absolute atomic E-state index is 0.243. The van der Waals surface area contributed by atoms with Gasteiger partial charge in [0.25, 0.3) is 0 Å². The predicted molar refractivity (Wildman–Crippen MR) is 67.4 cm³/mol. The number of carbonyl (C=O) groups is 1. The second-order valence-corrected chi connectivity index (χ2v) is 5.09. The van der Waals surface area contributed by atoms with Crippen molar-refractivity contribution in [2.75, 3.05) is 0 Å². The summed E-state index contributed by atoms with van der Waals surface area (Å²) in [5.41, 5.74) is 0. The summed E-state index contributed by atoms with van der Waals surface area (Å²) in [7, 11) is 1.93. The first-order valence-electron chi connectivity index (χ1n) is 6.78. The normalized spacial score (nSPS) is 16.3. The number of aliphatic carboxylic acids is 1. The Bertz CT molecular complexity index is 408. The number of carboxylic acids is 1. The third kappa shape index (κ3) is 3.31. The number of hydrogen-bond acceptors (Lipinski definition) is 3. The van der Waals surface area contributed by atoms with Crippen molar-refractivity contribution in [2.24, 2.45) is 7.05 Å². The molecule has 0 bridgehead atoms. The Morgan fingerprint density at radius 1 is 1.39 bits per heavy atom. The number of aromatic nitrogens is 3. The lowest BCUT2D eigenvalue weighted by Gasteiger charge is -2.00. The summed E-state index contributed by atoms with van der Waals surface area (Å²) in [4.78, 5) is 15.0. The fourth-order valence-corrected chi connectivity index (χ4v) is 2.57. The molecule has 5 nitrogen and oxygen atoms in total. The van der Waals surface area contributed by atoms with E-state index < -0.39 is 5.97 Å². The Morgan fingerprint density at radius 3 is 2.78 bits per heavy atom. The zero-order valence-corrected chi connectivity index (χ0v) is 10.9. The van der Waals surface area contributed by atoms with Gasteiger partial charge in [-0.05, 0) is 25.7 Å². The van der Waals surface area contributed by atoms with Gasteiger partial charge in [0.15, 0.2) is 5.82 Å². The summed E-state index contributed by atoms with van der Waals surface area (Å²) in [6, 6.07) is 0. The van der Waals surface area contributed by atoms with Crippen LogP contribution in [0.15, 0.2) is 0 Å². The van der Waals surface area contributed by atoms with Crippen molar-refractivity contribution >= 4 is 5.97 Å². The van der Waals surface area contributed by atoms with Crippen molar-refractivity contribution in [3.63, 3.8) is 0 Å². The monoisotopic (exact) mass is 251 g/mol. The molecule has 0 aromatic carbocycles. The molecule has 0 amide bonds. The van der Waals surface area contributed by atoms with Crippen molar-refractivity contribution in [2.45, 2.75) is 57.3 Å². The molecule has 2 rings (SSSR count). The second kappa shape index (κ2) is 5.98. The molecule has 1 aliphatic rings. The molecule has 0 atom stereocenters. The van der Waals surface area contributed by atoms with Gasteiger partial charge in [-0.25, -0.2) is 4.98 Å². The molecule has 1 aliphatic carbocycles. The van der Waals surface area contributed by atoms with Crippen LogP contribution in [0.4, 0.5) is 0 Å². The van der Waals surface area contributed by atoms with E-state index in [0.717, 1.165) is 24.5 Å². The topological polar surface area (TPSA) is 68.0 Å². The van der Waals surface area contributed by atoms with Crippen LogP contribution in [0.1, 0.15) is 62.5 Å². The summed E-state index contributed by atoms with van der Waals surface area (Å²) >= 11 is 0. The number of nitrogens with zero attached hydrogens (tertiary/aromatic N) is 3. The third-order valence-corrected chi connectivity index (χ3v) is 3.63. The van der Waals surface area contributed by atoms with Gasteiger partial charge in [0.2, 0.25) is 0 Å². The van der Waals surface area contributed by atoms with Crippen LogP contribution in [0.3, 0.4) is 0 Å². The van der Waals surface area contributed by atoms with Crippen LogP contribution in [0.5, 0.6) is 0 Å². The molecule has 0 saturated heterocycles. The quantitative estimate of drug-likeness (QED) is 0.787. The largest absolute Gasteiger partial charge is 0.481 e. The Kier molecular flexibility index (Phi) is 4.33. The molecule has 18 heavy (non-hydrogen) atoms. The minimum Gasteiger partial charge on any atom is -0.481 e. The molecular weight excluding hydrogens is 230 g/mol. The van der Waals surface area contributed by atoms with E-state index in [1.807, 2.05) is 11.7 Å². The number of hydrogen-bond donors (Lipinski definition) is 1. The van der Waals surface area contributed by atoms with E-state index in [4.69, 9.17) is 5.11 Å². The summed E-state index contributed by atoms with van der Waals surface area (Å²) in [5.74, 6) is 1.80. The summed E-state index contributed by atoms with van der Waals surface area (Å²) in [6.45, 7) is 0. The van der Waals surface area contributed by atoms with Crippen LogP contribution >= 0.6 is 0 Å². The first-order chi connectivity index (χ1) is 8.66. The van der Waals surface area contributed by atoms with Crippen molar-refractivity contribution in [3.05, 3.63) is 11.6 Å². The van der Waals surface area contributed by atoms with Gasteiger partial charge < -0.3 is 5.11 Å². The molecule has 0 aliphatic heterocycles. The lowest BCUT2D eigenvalue weighted by atomic mass is 10.1. The zero-order valence-electron chi connectivity index (χ0n) is 10.9. The molecule has 1 N–H and O–H groups in total. The van der Waals surface area contributed by atoms with Crippen molar-refractivity contribution in [3.8, 4) is 0 Å². The highest BCUT2D eigenvalue weighted by molar-refractivity contribution is 5.66. The van der Waals surface area contributed by atoms with Gasteiger partial charge in [0.1, 0.15) is 5.82 Å². The van der Waals surface area contributed by atoms with E-state index in [9.17, 15) is 4.79 Å². The van der Waals surface area contributed by atoms with E-state index in [-0.39, 0.29) is 6.42 Å². The number of carboxylic acid groups (broad SMARTS) is 1. The highest BCUT2D eigenvalue weighted by Gasteiger charge is 2.21.